The van der Waals surface area contributed by atoms with Crippen molar-refractivity contribution in [1.29, 1.82) is 0 Å². The number of allylic oxidation sites excluding steroid dienone is 2. The Kier molecular flexibility index (Phi) is 3.48. The molecule has 0 saturated heterocycles. The molecule has 0 aromatic carbocycles. The molecule has 0 aromatic heterocycles. The van der Waals surface area contributed by atoms with E-state index >= 15 is 0 Å². The van der Waals surface area contributed by atoms with Crippen molar-refractivity contribution in [2.24, 2.45) is 0 Å². The van der Waals surface area contributed by atoms with E-state index in [1.165, 1.54) is 0 Å². The van der Waals surface area contributed by atoms with Crippen LogP contribution in [0.5, 0.6) is 0 Å². The Morgan fingerprint density at radius 3 is 2.43 bits per heavy atom. The topological polar surface area (TPSA) is 19.9 Å². The molecule has 0 saturated carbocycles. The van der Waals surface area contributed by atoms with Gasteiger partial charge in [0.2, 0.25) is 0 Å². The molecule has 0 rings (SSSR count). The minimum absolute atomic E-state index is 0.252. The van der Waals surface area contributed by atoms with Crippen molar-refractivity contribution in [2.45, 2.75) is 26.7 Å². The van der Waals surface area contributed by atoms with Crippen LogP contribution in [0.25, 0.3) is 0 Å². The van der Waals surface area contributed by atoms with Crippen LogP contribution in [0.4, 0.5) is 0 Å². The summed E-state index contributed by atoms with van der Waals surface area (Å²) in [5, 5.41) is 10.4. The molecule has 1 radical (unpaired) electrons. The zero-order chi connectivity index (χ0) is 5.70. The predicted octanol–water partition coefficient (Wildman–Crippen LogP) is 2.12. The molecule has 0 aromatic rings. The summed E-state index contributed by atoms with van der Waals surface area (Å²) < 4.78 is 0. The van der Waals surface area contributed by atoms with E-state index in [0.29, 0.717) is 6.42 Å². The van der Waals surface area contributed by atoms with Gasteiger partial charge in [0, 0.05) is 6.42 Å². The molecule has 0 aliphatic carbocycles. The van der Waals surface area contributed by atoms with E-state index in [4.69, 9.17) is 0 Å². The first-order chi connectivity index (χ1) is 3.31. The zero-order valence-corrected chi connectivity index (χ0v) is 4.90. The molecule has 0 atom stereocenters. The molecule has 0 unspecified atom stereocenters. The summed E-state index contributed by atoms with van der Waals surface area (Å²) in [5.41, 5.74) is 0. The van der Waals surface area contributed by atoms with Crippen molar-refractivity contribution in [2.75, 3.05) is 0 Å². The SMILES string of the molecule is CC=C([O])CCC. The van der Waals surface area contributed by atoms with Crippen molar-refractivity contribution < 1.29 is 5.11 Å². The molecule has 0 aliphatic heterocycles. The van der Waals surface area contributed by atoms with E-state index in [2.05, 4.69) is 0 Å². The quantitative estimate of drug-likeness (QED) is 0.472. The predicted molar refractivity (Wildman–Crippen MR) is 29.4 cm³/mol. The maximum atomic E-state index is 10.4. The average molecular weight is 99.2 g/mol. The fourth-order valence-electron chi connectivity index (χ4n) is 0.391. The molecule has 0 fully saturated rings. The Morgan fingerprint density at radius 1 is 1.71 bits per heavy atom. The van der Waals surface area contributed by atoms with Crippen LogP contribution in [0.2, 0.25) is 0 Å². The lowest BCUT2D eigenvalue weighted by Crippen LogP contribution is -1.73. The van der Waals surface area contributed by atoms with Gasteiger partial charge >= 0.3 is 0 Å². The van der Waals surface area contributed by atoms with Crippen molar-refractivity contribution in [3.63, 3.8) is 0 Å². The number of hydrogen-bond acceptors (Lipinski definition) is 0. The summed E-state index contributed by atoms with van der Waals surface area (Å²) in [6.45, 7) is 3.78. The highest BCUT2D eigenvalue weighted by molar-refractivity contribution is 4.85. The van der Waals surface area contributed by atoms with Gasteiger partial charge in [-0.05, 0) is 19.4 Å². The van der Waals surface area contributed by atoms with E-state index in [-0.39, 0.29) is 5.76 Å². The molecule has 7 heavy (non-hydrogen) atoms. The second-order valence-electron chi connectivity index (χ2n) is 1.50. The van der Waals surface area contributed by atoms with Crippen molar-refractivity contribution in [3.8, 4) is 0 Å². The second kappa shape index (κ2) is 3.72. The number of hydrogen-bond donors (Lipinski definition) is 0. The maximum Gasteiger partial charge on any atom is 0.151 e. The Balaban J connectivity index is 3.17. The Morgan fingerprint density at radius 2 is 2.29 bits per heavy atom. The summed E-state index contributed by atoms with van der Waals surface area (Å²) in [5.74, 6) is 0.252. The van der Waals surface area contributed by atoms with Crippen LogP contribution in [-0.4, -0.2) is 0 Å². The molecule has 0 bridgehead atoms. The molecule has 0 N–H and O–H groups in total. The van der Waals surface area contributed by atoms with Gasteiger partial charge in [0.25, 0.3) is 0 Å². The summed E-state index contributed by atoms with van der Waals surface area (Å²) >= 11 is 0. The molecular weight excluding hydrogens is 88.1 g/mol. The molecule has 0 amide bonds. The van der Waals surface area contributed by atoms with E-state index in [0.717, 1.165) is 6.42 Å². The van der Waals surface area contributed by atoms with Gasteiger partial charge in [0.05, 0.1) is 0 Å². The molecule has 1 heteroatoms. The third-order valence-corrected chi connectivity index (χ3v) is 0.818. The van der Waals surface area contributed by atoms with Crippen LogP contribution in [-0.2, 0) is 5.11 Å². The van der Waals surface area contributed by atoms with Gasteiger partial charge in [-0.15, -0.1) is 0 Å². The minimum atomic E-state index is 0.252. The summed E-state index contributed by atoms with van der Waals surface area (Å²) in [6.07, 6.45) is 3.28. The Labute approximate surface area is 44.7 Å². The molecular formula is C6H11O. The fourth-order valence-corrected chi connectivity index (χ4v) is 0.391. The first-order valence-corrected chi connectivity index (χ1v) is 2.63. The highest BCUT2D eigenvalue weighted by atomic mass is 16.3. The maximum absolute atomic E-state index is 10.4. The number of rotatable bonds is 2. The van der Waals surface area contributed by atoms with Gasteiger partial charge in [-0.25, -0.2) is 0 Å². The van der Waals surface area contributed by atoms with E-state index < -0.39 is 0 Å². The highest BCUT2D eigenvalue weighted by Crippen LogP contribution is 1.98. The molecule has 0 aliphatic rings. The summed E-state index contributed by atoms with van der Waals surface area (Å²) in [6, 6.07) is 0. The second-order valence-corrected chi connectivity index (χ2v) is 1.50. The van der Waals surface area contributed by atoms with Crippen LogP contribution in [0, 0.1) is 0 Å². The van der Waals surface area contributed by atoms with Gasteiger partial charge in [-0.1, -0.05) is 6.92 Å². The van der Waals surface area contributed by atoms with Crippen LogP contribution in [0.3, 0.4) is 0 Å². The van der Waals surface area contributed by atoms with Gasteiger partial charge in [0.15, 0.2) is 5.76 Å². The summed E-state index contributed by atoms with van der Waals surface area (Å²) in [4.78, 5) is 0. The highest BCUT2D eigenvalue weighted by Gasteiger charge is 1.86. The lowest BCUT2D eigenvalue weighted by molar-refractivity contribution is 0.279. The first-order valence-electron chi connectivity index (χ1n) is 2.63. The minimum Gasteiger partial charge on any atom is -0.295 e. The average Bonchev–Trinajstić information content (AvgIpc) is 1.68. The van der Waals surface area contributed by atoms with Crippen molar-refractivity contribution >= 4 is 0 Å². The third kappa shape index (κ3) is 3.37. The largest absolute Gasteiger partial charge is 0.295 e. The molecule has 41 valence electrons. The lowest BCUT2D eigenvalue weighted by Gasteiger charge is -1.85. The van der Waals surface area contributed by atoms with Crippen molar-refractivity contribution in [3.05, 3.63) is 11.8 Å². The van der Waals surface area contributed by atoms with Gasteiger partial charge in [0.1, 0.15) is 0 Å². The molecule has 0 spiro atoms. The van der Waals surface area contributed by atoms with Crippen molar-refractivity contribution in [1.82, 2.24) is 0 Å². The fraction of sp³-hybridized carbons (Fsp3) is 0.667. The van der Waals surface area contributed by atoms with E-state index in [1.807, 2.05) is 6.92 Å². The lowest BCUT2D eigenvalue weighted by atomic mass is 10.3. The van der Waals surface area contributed by atoms with Gasteiger partial charge < -0.3 is 0 Å². The van der Waals surface area contributed by atoms with Crippen LogP contribution < -0.4 is 0 Å². The van der Waals surface area contributed by atoms with Crippen LogP contribution in [0.1, 0.15) is 26.7 Å². The first kappa shape index (κ1) is 6.54. The Hall–Kier alpha value is -0.460. The Bertz CT molecular complexity index is 64.6. The molecule has 1 nitrogen and oxygen atoms in total. The van der Waals surface area contributed by atoms with Gasteiger partial charge in [-0.2, -0.15) is 0 Å². The summed E-state index contributed by atoms with van der Waals surface area (Å²) in [7, 11) is 0. The molecule has 0 heterocycles. The normalized spacial score (nSPS) is 12.0. The monoisotopic (exact) mass is 99.1 g/mol. The standard InChI is InChI=1S/C6H11O/c1-3-5-6(7)4-2/h4H,3,5H2,1-2H3. The zero-order valence-electron chi connectivity index (χ0n) is 4.90. The van der Waals surface area contributed by atoms with Crippen LogP contribution in [0.15, 0.2) is 11.8 Å². The van der Waals surface area contributed by atoms with Gasteiger partial charge in [-0.3, -0.25) is 5.11 Å². The third-order valence-electron chi connectivity index (χ3n) is 0.818. The van der Waals surface area contributed by atoms with E-state index in [9.17, 15) is 5.11 Å². The van der Waals surface area contributed by atoms with E-state index in [1.54, 1.807) is 13.0 Å². The van der Waals surface area contributed by atoms with Crippen LogP contribution >= 0.6 is 0 Å². The smallest absolute Gasteiger partial charge is 0.151 e.